The number of likely N-dealkylation sites (tertiary alicyclic amines) is 1. The van der Waals surface area contributed by atoms with Crippen LogP contribution in [0.25, 0.3) is 0 Å². The van der Waals surface area contributed by atoms with Gasteiger partial charge in [0.1, 0.15) is 0 Å². The predicted molar refractivity (Wildman–Crippen MR) is 100 cm³/mol. The lowest BCUT2D eigenvalue weighted by Crippen LogP contribution is -2.38. The van der Waals surface area contributed by atoms with Gasteiger partial charge in [-0.15, -0.1) is 0 Å². The maximum atomic E-state index is 12.6. The van der Waals surface area contributed by atoms with Crippen LogP contribution in [0.1, 0.15) is 44.1 Å². The van der Waals surface area contributed by atoms with Crippen LogP contribution in [0.15, 0.2) is 24.5 Å². The average molecular weight is 358 g/mol. The Morgan fingerprint density at radius 1 is 1.04 bits per heavy atom. The molecule has 142 valence electrons. The molecule has 0 bridgehead atoms. The normalized spacial score (nSPS) is 19.9. The van der Waals surface area contributed by atoms with E-state index < -0.39 is 0 Å². The molecule has 2 aliphatic rings. The Balaban J connectivity index is 1.44. The van der Waals surface area contributed by atoms with Gasteiger partial charge < -0.3 is 9.80 Å². The Bertz CT molecular complexity index is 593. The van der Waals surface area contributed by atoms with Gasteiger partial charge >= 0.3 is 0 Å². The highest BCUT2D eigenvalue weighted by atomic mass is 16.2. The van der Waals surface area contributed by atoms with Crippen molar-refractivity contribution in [3.8, 4) is 0 Å². The lowest BCUT2D eigenvalue weighted by atomic mass is 10.2. The standard InChI is InChI=1S/C20H30N4O2/c25-19-7-2-1-3-11-23(19)13-8-20(26)24-12-5-10-22(14-15-24)17-18-6-4-9-21-16-18/h4,6,9,16H,1-3,5,7-8,10-15,17H2. The van der Waals surface area contributed by atoms with Gasteiger partial charge in [-0.05, 0) is 30.9 Å². The smallest absolute Gasteiger partial charge is 0.224 e. The van der Waals surface area contributed by atoms with Crippen LogP contribution >= 0.6 is 0 Å². The number of carbonyl (C=O) groups is 2. The third kappa shape index (κ3) is 5.53. The second-order valence-electron chi connectivity index (χ2n) is 7.31. The van der Waals surface area contributed by atoms with E-state index in [0.717, 1.165) is 65.0 Å². The third-order valence-electron chi connectivity index (χ3n) is 5.34. The van der Waals surface area contributed by atoms with Crippen LogP contribution in [0.4, 0.5) is 0 Å². The van der Waals surface area contributed by atoms with E-state index in [-0.39, 0.29) is 11.8 Å². The second kappa shape index (κ2) is 9.67. The lowest BCUT2D eigenvalue weighted by molar-refractivity contribution is -0.134. The summed E-state index contributed by atoms with van der Waals surface area (Å²) in [6, 6.07) is 4.06. The van der Waals surface area contributed by atoms with E-state index >= 15 is 0 Å². The van der Waals surface area contributed by atoms with Crippen LogP contribution in [0.3, 0.4) is 0 Å². The summed E-state index contributed by atoms with van der Waals surface area (Å²) < 4.78 is 0. The summed E-state index contributed by atoms with van der Waals surface area (Å²) in [6.07, 6.45) is 8.96. The summed E-state index contributed by atoms with van der Waals surface area (Å²) in [4.78, 5) is 35.1. The molecule has 0 unspecified atom stereocenters. The van der Waals surface area contributed by atoms with Crippen molar-refractivity contribution in [1.29, 1.82) is 0 Å². The van der Waals surface area contributed by atoms with E-state index in [1.54, 1.807) is 6.20 Å². The molecule has 1 aromatic heterocycles. The first-order chi connectivity index (χ1) is 12.7. The number of amides is 2. The van der Waals surface area contributed by atoms with Gasteiger partial charge in [0.2, 0.25) is 11.8 Å². The first-order valence-electron chi connectivity index (χ1n) is 9.89. The SMILES string of the molecule is O=C1CCCCCN1CCC(=O)N1CCCN(Cc2cccnc2)CC1. The van der Waals surface area contributed by atoms with Gasteiger partial charge in [0, 0.05) is 71.0 Å². The molecule has 1 aromatic rings. The molecule has 0 saturated carbocycles. The molecule has 6 nitrogen and oxygen atoms in total. The van der Waals surface area contributed by atoms with Crippen molar-refractivity contribution < 1.29 is 9.59 Å². The summed E-state index contributed by atoms with van der Waals surface area (Å²) in [7, 11) is 0. The highest BCUT2D eigenvalue weighted by Crippen LogP contribution is 2.13. The molecule has 2 saturated heterocycles. The average Bonchev–Trinajstić information content (AvgIpc) is 3.01. The summed E-state index contributed by atoms with van der Waals surface area (Å²) in [5, 5.41) is 0. The lowest BCUT2D eigenvalue weighted by Gasteiger charge is -2.24. The molecule has 3 heterocycles. The van der Waals surface area contributed by atoms with Gasteiger partial charge in [0.05, 0.1) is 0 Å². The molecule has 0 radical (unpaired) electrons. The predicted octanol–water partition coefficient (Wildman–Crippen LogP) is 1.91. The quantitative estimate of drug-likeness (QED) is 0.807. The van der Waals surface area contributed by atoms with E-state index in [1.807, 2.05) is 22.1 Å². The van der Waals surface area contributed by atoms with E-state index in [9.17, 15) is 9.59 Å². The van der Waals surface area contributed by atoms with Gasteiger partial charge in [-0.1, -0.05) is 12.5 Å². The molecule has 0 atom stereocenters. The van der Waals surface area contributed by atoms with E-state index in [4.69, 9.17) is 0 Å². The summed E-state index contributed by atoms with van der Waals surface area (Å²) in [5.41, 5.74) is 1.21. The maximum absolute atomic E-state index is 12.6. The van der Waals surface area contributed by atoms with Crippen molar-refractivity contribution in [3.05, 3.63) is 30.1 Å². The molecule has 3 rings (SSSR count). The van der Waals surface area contributed by atoms with Gasteiger partial charge in [-0.3, -0.25) is 19.5 Å². The molecular formula is C20H30N4O2. The molecule has 0 spiro atoms. The summed E-state index contributed by atoms with van der Waals surface area (Å²) in [5.74, 6) is 0.402. The number of aromatic nitrogens is 1. The minimum atomic E-state index is 0.185. The van der Waals surface area contributed by atoms with E-state index in [0.29, 0.717) is 19.4 Å². The van der Waals surface area contributed by atoms with Gasteiger partial charge in [-0.2, -0.15) is 0 Å². The minimum absolute atomic E-state index is 0.185. The van der Waals surface area contributed by atoms with Gasteiger partial charge in [0.15, 0.2) is 0 Å². The highest BCUT2D eigenvalue weighted by Gasteiger charge is 2.22. The first kappa shape index (κ1) is 18.8. The Kier molecular flexibility index (Phi) is 7.00. The van der Waals surface area contributed by atoms with Gasteiger partial charge in [-0.25, -0.2) is 0 Å². The van der Waals surface area contributed by atoms with E-state index in [2.05, 4.69) is 16.0 Å². The Morgan fingerprint density at radius 3 is 2.81 bits per heavy atom. The van der Waals surface area contributed by atoms with Crippen LogP contribution in [0, 0.1) is 0 Å². The highest BCUT2D eigenvalue weighted by molar-refractivity contribution is 5.79. The third-order valence-corrected chi connectivity index (χ3v) is 5.34. The Morgan fingerprint density at radius 2 is 1.96 bits per heavy atom. The van der Waals surface area contributed by atoms with Gasteiger partial charge in [0.25, 0.3) is 0 Å². The topological polar surface area (TPSA) is 56.8 Å². The van der Waals surface area contributed by atoms with Crippen LogP contribution in [-0.2, 0) is 16.1 Å². The van der Waals surface area contributed by atoms with Crippen LogP contribution in [0.5, 0.6) is 0 Å². The molecule has 0 N–H and O–H groups in total. The molecule has 6 heteroatoms. The van der Waals surface area contributed by atoms with Crippen LogP contribution < -0.4 is 0 Å². The number of carbonyl (C=O) groups excluding carboxylic acids is 2. The van der Waals surface area contributed by atoms with Crippen molar-refractivity contribution in [2.75, 3.05) is 39.3 Å². The number of hydrogen-bond acceptors (Lipinski definition) is 4. The zero-order valence-electron chi connectivity index (χ0n) is 15.6. The van der Waals surface area contributed by atoms with Crippen molar-refractivity contribution in [2.24, 2.45) is 0 Å². The van der Waals surface area contributed by atoms with Crippen LogP contribution in [-0.4, -0.2) is 70.8 Å². The Hall–Kier alpha value is -1.95. The zero-order valence-corrected chi connectivity index (χ0v) is 15.6. The monoisotopic (exact) mass is 358 g/mol. The maximum Gasteiger partial charge on any atom is 0.224 e. The fourth-order valence-electron chi connectivity index (χ4n) is 3.79. The zero-order chi connectivity index (χ0) is 18.2. The van der Waals surface area contributed by atoms with Crippen LogP contribution in [0.2, 0.25) is 0 Å². The molecule has 2 fully saturated rings. The summed E-state index contributed by atoms with van der Waals surface area (Å²) in [6.45, 7) is 5.76. The number of nitrogens with zero attached hydrogens (tertiary/aromatic N) is 4. The molecular weight excluding hydrogens is 328 g/mol. The molecule has 2 aliphatic heterocycles. The van der Waals surface area contributed by atoms with Crippen molar-refractivity contribution in [2.45, 2.75) is 45.1 Å². The number of rotatable bonds is 5. The van der Waals surface area contributed by atoms with Crippen molar-refractivity contribution >= 4 is 11.8 Å². The number of hydrogen-bond donors (Lipinski definition) is 0. The fourth-order valence-corrected chi connectivity index (χ4v) is 3.79. The molecule has 26 heavy (non-hydrogen) atoms. The first-order valence-corrected chi connectivity index (χ1v) is 9.89. The minimum Gasteiger partial charge on any atom is -0.342 e. The molecule has 0 aliphatic carbocycles. The molecule has 2 amide bonds. The van der Waals surface area contributed by atoms with E-state index in [1.165, 1.54) is 5.56 Å². The fraction of sp³-hybridized carbons (Fsp3) is 0.650. The second-order valence-corrected chi connectivity index (χ2v) is 7.31. The molecule has 0 aromatic carbocycles. The summed E-state index contributed by atoms with van der Waals surface area (Å²) >= 11 is 0. The van der Waals surface area contributed by atoms with Crippen molar-refractivity contribution in [3.63, 3.8) is 0 Å². The Labute approximate surface area is 156 Å². The number of pyridine rings is 1. The van der Waals surface area contributed by atoms with Crippen molar-refractivity contribution in [1.82, 2.24) is 19.7 Å². The largest absolute Gasteiger partial charge is 0.342 e.